The predicted molar refractivity (Wildman–Crippen MR) is 42.3 cm³/mol. The molecule has 0 aliphatic heterocycles. The number of aliphatic hydroxyl groups is 1. The van der Waals surface area contributed by atoms with Crippen LogP contribution < -0.4 is 0 Å². The van der Waals surface area contributed by atoms with Gasteiger partial charge in [-0.1, -0.05) is 0 Å². The number of esters is 1. The second-order valence-electron chi connectivity index (χ2n) is 3.66. The second-order valence-corrected chi connectivity index (χ2v) is 3.66. The molecule has 2 aliphatic rings. The number of aliphatic hydroxyl groups excluding tert-OH is 1. The zero-order valence-electron chi connectivity index (χ0n) is 7.19. The van der Waals surface area contributed by atoms with Gasteiger partial charge in [-0.15, -0.1) is 0 Å². The molecule has 3 nitrogen and oxygen atoms in total. The minimum absolute atomic E-state index is 0.0219. The van der Waals surface area contributed by atoms with Crippen molar-refractivity contribution in [3.63, 3.8) is 0 Å². The number of hydrogen-bond acceptors (Lipinski definition) is 3. The van der Waals surface area contributed by atoms with Crippen LogP contribution in [0.1, 0.15) is 19.8 Å². The number of carbonyl (C=O) groups excluding carboxylic acids is 1. The highest BCUT2D eigenvalue weighted by Crippen LogP contribution is 2.57. The van der Waals surface area contributed by atoms with Gasteiger partial charge in [-0.25, -0.2) is 0 Å². The molecule has 0 aromatic heterocycles. The average Bonchev–Trinajstić information content (AvgIpc) is 2.65. The summed E-state index contributed by atoms with van der Waals surface area (Å²) in [6.07, 6.45) is 1.62. The molecule has 0 aromatic carbocycles. The molecule has 0 amide bonds. The van der Waals surface area contributed by atoms with Crippen LogP contribution >= 0.6 is 0 Å². The molecule has 0 heterocycles. The quantitative estimate of drug-likeness (QED) is 0.616. The molecule has 0 bridgehead atoms. The van der Waals surface area contributed by atoms with E-state index in [4.69, 9.17) is 4.74 Å². The molecule has 1 N–H and O–H groups in total. The van der Waals surface area contributed by atoms with Gasteiger partial charge < -0.3 is 9.84 Å². The van der Waals surface area contributed by atoms with Gasteiger partial charge in [0.1, 0.15) is 0 Å². The third kappa shape index (κ3) is 1.04. The maximum Gasteiger partial charge on any atom is 0.309 e. The van der Waals surface area contributed by atoms with Crippen LogP contribution in [-0.2, 0) is 9.53 Å². The van der Waals surface area contributed by atoms with Gasteiger partial charge in [0.2, 0.25) is 0 Å². The first-order valence-corrected chi connectivity index (χ1v) is 4.60. The van der Waals surface area contributed by atoms with Gasteiger partial charge in [-0.3, -0.25) is 4.79 Å². The largest absolute Gasteiger partial charge is 0.466 e. The lowest BCUT2D eigenvalue weighted by Crippen LogP contribution is -2.15. The summed E-state index contributed by atoms with van der Waals surface area (Å²) in [5.41, 5.74) is 0. The van der Waals surface area contributed by atoms with Crippen molar-refractivity contribution < 1.29 is 14.6 Å². The van der Waals surface area contributed by atoms with Crippen LogP contribution in [0.15, 0.2) is 0 Å². The van der Waals surface area contributed by atoms with Gasteiger partial charge in [-0.05, 0) is 25.7 Å². The SMILES string of the molecule is CCOC(=O)C1C2CC[C@H](O)[C@@H]21. The van der Waals surface area contributed by atoms with Crippen molar-refractivity contribution in [2.45, 2.75) is 25.9 Å². The Hall–Kier alpha value is -0.570. The summed E-state index contributed by atoms with van der Waals surface area (Å²) in [5.74, 6) is 0.572. The smallest absolute Gasteiger partial charge is 0.309 e. The maximum atomic E-state index is 11.2. The van der Waals surface area contributed by atoms with Crippen LogP contribution in [0.5, 0.6) is 0 Å². The summed E-state index contributed by atoms with van der Waals surface area (Å²) < 4.78 is 4.90. The topological polar surface area (TPSA) is 46.5 Å². The summed E-state index contributed by atoms with van der Waals surface area (Å²) in [5, 5.41) is 9.42. The molecule has 2 unspecified atom stereocenters. The van der Waals surface area contributed by atoms with E-state index in [1.165, 1.54) is 0 Å². The van der Waals surface area contributed by atoms with Gasteiger partial charge in [0.25, 0.3) is 0 Å². The Kier molecular flexibility index (Phi) is 1.83. The summed E-state index contributed by atoms with van der Waals surface area (Å²) in [6, 6.07) is 0. The molecule has 2 rings (SSSR count). The molecular weight excluding hydrogens is 156 g/mol. The first-order valence-electron chi connectivity index (χ1n) is 4.60. The molecule has 12 heavy (non-hydrogen) atoms. The monoisotopic (exact) mass is 170 g/mol. The molecule has 0 radical (unpaired) electrons. The van der Waals surface area contributed by atoms with Crippen LogP contribution in [0.2, 0.25) is 0 Å². The van der Waals surface area contributed by atoms with E-state index >= 15 is 0 Å². The van der Waals surface area contributed by atoms with Crippen molar-refractivity contribution in [3.05, 3.63) is 0 Å². The molecule has 0 spiro atoms. The zero-order chi connectivity index (χ0) is 8.72. The Balaban J connectivity index is 1.90. The minimum atomic E-state index is -0.246. The fourth-order valence-corrected chi connectivity index (χ4v) is 2.42. The van der Waals surface area contributed by atoms with E-state index in [0.717, 1.165) is 12.8 Å². The molecule has 0 aromatic rings. The fourth-order valence-electron chi connectivity index (χ4n) is 2.42. The number of hydrogen-bond donors (Lipinski definition) is 1. The average molecular weight is 170 g/mol. The number of carbonyl (C=O) groups is 1. The van der Waals surface area contributed by atoms with Gasteiger partial charge in [0.05, 0.1) is 18.6 Å². The van der Waals surface area contributed by atoms with E-state index in [2.05, 4.69) is 0 Å². The number of fused-ring (bicyclic) bond motifs is 1. The summed E-state index contributed by atoms with van der Waals surface area (Å²) in [7, 11) is 0. The van der Waals surface area contributed by atoms with E-state index in [1.54, 1.807) is 0 Å². The van der Waals surface area contributed by atoms with Gasteiger partial charge in [-0.2, -0.15) is 0 Å². The first kappa shape index (κ1) is 8.05. The lowest BCUT2D eigenvalue weighted by molar-refractivity contribution is -0.146. The fraction of sp³-hybridized carbons (Fsp3) is 0.889. The summed E-state index contributed by atoms with van der Waals surface area (Å²) in [4.78, 5) is 11.2. The second kappa shape index (κ2) is 2.73. The standard InChI is InChI=1S/C9H14O3/c1-2-12-9(11)8-5-3-4-6(10)7(5)8/h5-8,10H,2-4H2,1H3/t5?,6-,7+,8?/m0/s1. The van der Waals surface area contributed by atoms with Gasteiger partial charge in [0.15, 0.2) is 0 Å². The Morgan fingerprint density at radius 1 is 1.58 bits per heavy atom. The first-order chi connectivity index (χ1) is 5.75. The van der Waals surface area contributed by atoms with Crippen molar-refractivity contribution in [2.24, 2.45) is 17.8 Å². The third-order valence-corrected chi connectivity index (χ3v) is 3.03. The zero-order valence-corrected chi connectivity index (χ0v) is 7.19. The van der Waals surface area contributed by atoms with E-state index in [0.29, 0.717) is 12.5 Å². The van der Waals surface area contributed by atoms with Crippen molar-refractivity contribution >= 4 is 5.97 Å². The lowest BCUT2D eigenvalue weighted by atomic mass is 10.1. The van der Waals surface area contributed by atoms with Gasteiger partial charge in [0, 0.05) is 5.92 Å². The molecule has 2 aliphatic carbocycles. The molecule has 2 saturated carbocycles. The van der Waals surface area contributed by atoms with Crippen LogP contribution in [0, 0.1) is 17.8 Å². The highest BCUT2D eigenvalue weighted by molar-refractivity contribution is 5.77. The van der Waals surface area contributed by atoms with E-state index in [9.17, 15) is 9.90 Å². The van der Waals surface area contributed by atoms with Crippen molar-refractivity contribution in [3.8, 4) is 0 Å². The van der Waals surface area contributed by atoms with Crippen molar-refractivity contribution in [1.82, 2.24) is 0 Å². The molecule has 68 valence electrons. The maximum absolute atomic E-state index is 11.2. The Morgan fingerprint density at radius 2 is 2.33 bits per heavy atom. The Labute approximate surface area is 71.7 Å². The highest BCUT2D eigenvalue weighted by atomic mass is 16.5. The van der Waals surface area contributed by atoms with Crippen LogP contribution in [0.3, 0.4) is 0 Å². The van der Waals surface area contributed by atoms with E-state index in [1.807, 2.05) is 6.92 Å². The highest BCUT2D eigenvalue weighted by Gasteiger charge is 2.61. The van der Waals surface area contributed by atoms with Crippen LogP contribution in [0.4, 0.5) is 0 Å². The Bertz CT molecular complexity index is 202. The van der Waals surface area contributed by atoms with Crippen molar-refractivity contribution in [2.75, 3.05) is 6.61 Å². The molecule has 3 heteroatoms. The van der Waals surface area contributed by atoms with Crippen LogP contribution in [0.25, 0.3) is 0 Å². The molecular formula is C9H14O3. The van der Waals surface area contributed by atoms with Crippen molar-refractivity contribution in [1.29, 1.82) is 0 Å². The number of rotatable bonds is 2. The molecule has 4 atom stereocenters. The normalized spacial score (nSPS) is 43.8. The summed E-state index contributed by atoms with van der Waals surface area (Å²) >= 11 is 0. The van der Waals surface area contributed by atoms with E-state index < -0.39 is 0 Å². The minimum Gasteiger partial charge on any atom is -0.466 e. The number of ether oxygens (including phenoxy) is 1. The predicted octanol–water partition coefficient (Wildman–Crippen LogP) is 0.566. The Morgan fingerprint density at radius 3 is 2.83 bits per heavy atom. The third-order valence-electron chi connectivity index (χ3n) is 3.03. The molecule has 2 fully saturated rings. The lowest BCUT2D eigenvalue weighted by Gasteiger charge is -2.06. The summed E-state index contributed by atoms with van der Waals surface area (Å²) in [6.45, 7) is 2.26. The van der Waals surface area contributed by atoms with Crippen LogP contribution in [-0.4, -0.2) is 23.8 Å². The molecule has 0 saturated heterocycles. The van der Waals surface area contributed by atoms with Gasteiger partial charge >= 0.3 is 5.97 Å². The van der Waals surface area contributed by atoms with E-state index in [-0.39, 0.29) is 23.9 Å².